The Balaban J connectivity index is 2.62. The van der Waals surface area contributed by atoms with Crippen molar-refractivity contribution in [2.24, 2.45) is 5.73 Å². The number of rotatable bonds is 6. The van der Waals surface area contributed by atoms with Gasteiger partial charge in [-0.05, 0) is 63.9 Å². The zero-order valence-electron chi connectivity index (χ0n) is 12.8. The van der Waals surface area contributed by atoms with Crippen molar-refractivity contribution in [2.75, 3.05) is 6.54 Å². The molecular weight excluding hydrogens is 433 g/mol. The first-order valence-electron chi connectivity index (χ1n) is 7.18. The third-order valence-electron chi connectivity index (χ3n) is 3.68. The highest BCUT2D eigenvalue weighted by Gasteiger charge is 2.19. The maximum absolute atomic E-state index is 11.2. The molecule has 25 heavy (non-hydrogen) atoms. The fraction of sp³-hybridized carbons (Fsp3) is 0.176. The van der Waals surface area contributed by atoms with Gasteiger partial charge in [-0.1, -0.05) is 23.2 Å². The Morgan fingerprint density at radius 3 is 2.36 bits per heavy atom. The Morgan fingerprint density at radius 2 is 1.80 bits per heavy atom. The monoisotopic (exact) mass is 445 g/mol. The van der Waals surface area contributed by atoms with Crippen LogP contribution in [0.25, 0.3) is 11.1 Å². The number of nitrogens with two attached hydrogens (primary N) is 1. The van der Waals surface area contributed by atoms with Gasteiger partial charge in [0.05, 0.1) is 17.0 Å². The summed E-state index contributed by atoms with van der Waals surface area (Å²) in [7, 11) is 0. The van der Waals surface area contributed by atoms with Gasteiger partial charge in [0.2, 0.25) is 0 Å². The van der Waals surface area contributed by atoms with Crippen molar-refractivity contribution in [3.63, 3.8) is 0 Å². The summed E-state index contributed by atoms with van der Waals surface area (Å²) in [6.45, 7) is 0.149. The molecule has 0 amide bonds. The van der Waals surface area contributed by atoms with E-state index in [9.17, 15) is 14.7 Å². The average molecular weight is 447 g/mol. The SMILES string of the molecule is NC[C@H](CC(=O)O)c1cc(Br)c(Cl)c(-c2cc(Cl)cc(C(=O)O)c2)c1. The first kappa shape index (κ1) is 19.7. The molecule has 5 nitrogen and oxygen atoms in total. The van der Waals surface area contributed by atoms with Crippen LogP contribution >= 0.6 is 39.1 Å². The van der Waals surface area contributed by atoms with Crippen molar-refractivity contribution in [1.29, 1.82) is 0 Å². The van der Waals surface area contributed by atoms with Crippen LogP contribution < -0.4 is 5.73 Å². The van der Waals surface area contributed by atoms with Crippen LogP contribution in [0.5, 0.6) is 0 Å². The van der Waals surface area contributed by atoms with Gasteiger partial charge < -0.3 is 15.9 Å². The van der Waals surface area contributed by atoms with Crippen molar-refractivity contribution in [2.45, 2.75) is 12.3 Å². The number of carboxylic acids is 2. The van der Waals surface area contributed by atoms with Gasteiger partial charge in [-0.25, -0.2) is 4.79 Å². The van der Waals surface area contributed by atoms with Crippen LogP contribution in [0.3, 0.4) is 0 Å². The minimum absolute atomic E-state index is 0.0287. The van der Waals surface area contributed by atoms with Gasteiger partial charge >= 0.3 is 11.9 Å². The summed E-state index contributed by atoms with van der Waals surface area (Å²) in [6.07, 6.45) is -0.125. The summed E-state index contributed by atoms with van der Waals surface area (Å²) in [5, 5.41) is 18.9. The van der Waals surface area contributed by atoms with Crippen molar-refractivity contribution >= 4 is 51.1 Å². The van der Waals surface area contributed by atoms with E-state index in [1.807, 2.05) is 0 Å². The number of aliphatic carboxylic acids is 1. The van der Waals surface area contributed by atoms with Gasteiger partial charge in [-0.15, -0.1) is 0 Å². The molecule has 0 aromatic heterocycles. The van der Waals surface area contributed by atoms with Crippen LogP contribution in [0, 0.1) is 0 Å². The summed E-state index contributed by atoms with van der Waals surface area (Å²) in [5.41, 5.74) is 7.48. The summed E-state index contributed by atoms with van der Waals surface area (Å²) >= 11 is 15.7. The van der Waals surface area contributed by atoms with E-state index in [1.54, 1.807) is 18.2 Å². The molecule has 0 spiro atoms. The quantitative estimate of drug-likeness (QED) is 0.600. The largest absolute Gasteiger partial charge is 0.481 e. The Kier molecular flexibility index (Phi) is 6.46. The zero-order chi connectivity index (χ0) is 18.7. The Bertz CT molecular complexity index is 842. The van der Waals surface area contributed by atoms with Gasteiger partial charge in [0.1, 0.15) is 0 Å². The number of aromatic carboxylic acids is 1. The van der Waals surface area contributed by atoms with Gasteiger partial charge in [0.25, 0.3) is 0 Å². The second-order valence-corrected chi connectivity index (χ2v) is 7.10. The normalized spacial score (nSPS) is 12.0. The van der Waals surface area contributed by atoms with Gasteiger partial charge in [-0.2, -0.15) is 0 Å². The fourth-order valence-corrected chi connectivity index (χ4v) is 3.40. The summed E-state index contributed by atoms with van der Waals surface area (Å²) in [4.78, 5) is 22.3. The number of halogens is 3. The van der Waals surface area contributed by atoms with Crippen LogP contribution in [-0.2, 0) is 4.79 Å². The molecule has 2 aromatic carbocycles. The molecule has 0 saturated carbocycles. The van der Waals surface area contributed by atoms with E-state index >= 15 is 0 Å². The van der Waals surface area contributed by atoms with Crippen molar-refractivity contribution in [1.82, 2.24) is 0 Å². The minimum atomic E-state index is -1.11. The maximum Gasteiger partial charge on any atom is 0.335 e. The lowest BCUT2D eigenvalue weighted by atomic mass is 9.92. The maximum atomic E-state index is 11.2. The van der Waals surface area contributed by atoms with E-state index in [-0.39, 0.29) is 23.6 Å². The van der Waals surface area contributed by atoms with Crippen LogP contribution in [0.4, 0.5) is 0 Å². The third kappa shape index (κ3) is 4.73. The third-order valence-corrected chi connectivity index (χ3v) is 5.16. The Labute approximate surface area is 162 Å². The molecule has 0 saturated heterocycles. The Morgan fingerprint density at radius 1 is 1.12 bits per heavy atom. The van der Waals surface area contributed by atoms with Crippen LogP contribution in [0.2, 0.25) is 10.0 Å². The van der Waals surface area contributed by atoms with Gasteiger partial charge in [0, 0.05) is 21.0 Å². The number of carbonyl (C=O) groups is 2. The van der Waals surface area contributed by atoms with Crippen molar-refractivity contribution in [3.8, 4) is 11.1 Å². The predicted octanol–water partition coefficient (Wildman–Crippen LogP) is 4.64. The van der Waals surface area contributed by atoms with E-state index < -0.39 is 17.9 Å². The highest BCUT2D eigenvalue weighted by molar-refractivity contribution is 9.10. The first-order valence-corrected chi connectivity index (χ1v) is 8.73. The van der Waals surface area contributed by atoms with Crippen molar-refractivity contribution in [3.05, 3.63) is 56.0 Å². The minimum Gasteiger partial charge on any atom is -0.481 e. The fourth-order valence-electron chi connectivity index (χ4n) is 2.47. The van der Waals surface area contributed by atoms with E-state index in [1.165, 1.54) is 12.1 Å². The molecule has 0 radical (unpaired) electrons. The number of carboxylic acid groups (broad SMARTS) is 2. The second kappa shape index (κ2) is 8.19. The van der Waals surface area contributed by atoms with E-state index in [4.69, 9.17) is 34.0 Å². The number of hydrogen-bond acceptors (Lipinski definition) is 3. The molecule has 8 heteroatoms. The summed E-state index contributed by atoms with van der Waals surface area (Å²) < 4.78 is 0.558. The molecule has 0 heterocycles. The van der Waals surface area contributed by atoms with E-state index in [0.717, 1.165) is 0 Å². The molecule has 0 aliphatic rings. The highest BCUT2D eigenvalue weighted by atomic mass is 79.9. The lowest BCUT2D eigenvalue weighted by Gasteiger charge is -2.17. The molecule has 2 rings (SSSR count). The van der Waals surface area contributed by atoms with E-state index in [2.05, 4.69) is 15.9 Å². The molecule has 1 atom stereocenters. The van der Waals surface area contributed by atoms with Crippen molar-refractivity contribution < 1.29 is 19.8 Å². The molecule has 2 aromatic rings. The molecule has 0 aliphatic carbocycles. The summed E-state index contributed by atoms with van der Waals surface area (Å²) in [6, 6.07) is 7.83. The zero-order valence-corrected chi connectivity index (χ0v) is 15.9. The standard InChI is InChI=1S/C17H14BrCl2NO4/c18-14-5-8(11(7-21)6-15(22)23)4-13(16(14)20)9-1-10(17(24)25)3-12(19)2-9/h1-5,11H,6-7,21H2,(H,22,23)(H,24,25)/t11-/m0/s1. The lowest BCUT2D eigenvalue weighted by Crippen LogP contribution is -2.16. The topological polar surface area (TPSA) is 101 Å². The van der Waals surface area contributed by atoms with Crippen LogP contribution in [0.15, 0.2) is 34.8 Å². The van der Waals surface area contributed by atoms with E-state index in [0.29, 0.717) is 26.2 Å². The highest BCUT2D eigenvalue weighted by Crippen LogP contribution is 2.38. The van der Waals surface area contributed by atoms with Gasteiger partial charge in [-0.3, -0.25) is 4.79 Å². The molecule has 0 unspecified atom stereocenters. The molecule has 0 fully saturated rings. The smallest absolute Gasteiger partial charge is 0.335 e. The van der Waals surface area contributed by atoms with Gasteiger partial charge in [0.15, 0.2) is 0 Å². The predicted molar refractivity (Wildman–Crippen MR) is 101 cm³/mol. The van der Waals surface area contributed by atoms with Crippen LogP contribution in [-0.4, -0.2) is 28.7 Å². The second-order valence-electron chi connectivity index (χ2n) is 5.43. The summed E-state index contributed by atoms with van der Waals surface area (Å²) in [5.74, 6) is -2.47. The first-order chi connectivity index (χ1) is 11.7. The molecule has 132 valence electrons. The van der Waals surface area contributed by atoms with Crippen LogP contribution in [0.1, 0.15) is 28.3 Å². The Hall–Kier alpha value is -1.60. The molecule has 4 N–H and O–H groups in total. The number of hydrogen-bond donors (Lipinski definition) is 3. The molecule has 0 aliphatic heterocycles. The molecule has 0 bridgehead atoms. The molecular formula is C17H14BrCl2NO4. The average Bonchev–Trinajstić information content (AvgIpc) is 2.54. The lowest BCUT2D eigenvalue weighted by molar-refractivity contribution is -0.137. The number of benzene rings is 2.